The third-order valence-electron chi connectivity index (χ3n) is 3.62. The maximum atomic E-state index is 12.5. The van der Waals surface area contributed by atoms with Crippen molar-refractivity contribution in [3.8, 4) is 5.75 Å². The second-order valence-corrected chi connectivity index (χ2v) is 7.73. The summed E-state index contributed by atoms with van der Waals surface area (Å²) in [5.74, 6) is 1.20. The molecule has 0 saturated carbocycles. The summed E-state index contributed by atoms with van der Waals surface area (Å²) in [6, 6.07) is 13.9. The molecular weight excluding hydrogens is 366 g/mol. The molecule has 0 radical (unpaired) electrons. The summed E-state index contributed by atoms with van der Waals surface area (Å²) in [4.78, 5) is 12.5. The molecule has 1 atom stereocenters. The molecule has 0 fully saturated rings. The number of carbonyl (C=O) groups is 1. The van der Waals surface area contributed by atoms with Crippen molar-refractivity contribution in [1.29, 1.82) is 0 Å². The van der Waals surface area contributed by atoms with Crippen LogP contribution in [0.4, 0.5) is 5.13 Å². The molecule has 0 aliphatic carbocycles. The van der Waals surface area contributed by atoms with Gasteiger partial charge in [-0.05, 0) is 29.3 Å². The van der Waals surface area contributed by atoms with Gasteiger partial charge in [0.15, 0.2) is 10.4 Å². The molecule has 1 amide bonds. The van der Waals surface area contributed by atoms with E-state index in [-0.39, 0.29) is 5.91 Å². The van der Waals surface area contributed by atoms with E-state index in [0.717, 1.165) is 20.9 Å². The molecule has 3 aromatic rings. The monoisotopic (exact) mass is 385 g/mol. The van der Waals surface area contributed by atoms with Crippen LogP contribution in [0.2, 0.25) is 0 Å². The van der Waals surface area contributed by atoms with E-state index in [9.17, 15) is 4.79 Å². The van der Waals surface area contributed by atoms with Gasteiger partial charge in [-0.3, -0.25) is 10.1 Å². The van der Waals surface area contributed by atoms with Crippen molar-refractivity contribution < 1.29 is 9.53 Å². The highest BCUT2D eigenvalue weighted by Gasteiger charge is 2.20. The van der Waals surface area contributed by atoms with Crippen LogP contribution in [0.3, 0.4) is 0 Å². The van der Waals surface area contributed by atoms with Crippen molar-refractivity contribution in [1.82, 2.24) is 10.2 Å². The summed E-state index contributed by atoms with van der Waals surface area (Å²) in [5, 5.41) is 13.5. The van der Waals surface area contributed by atoms with Gasteiger partial charge in [-0.15, -0.1) is 16.8 Å². The van der Waals surface area contributed by atoms with Crippen LogP contribution in [0.5, 0.6) is 5.75 Å². The number of hydrogen-bond acceptors (Lipinski definition) is 6. The average Bonchev–Trinajstić information content (AvgIpc) is 3.11. The third-order valence-corrected chi connectivity index (χ3v) is 5.59. The van der Waals surface area contributed by atoms with Crippen LogP contribution in [-0.4, -0.2) is 28.0 Å². The van der Waals surface area contributed by atoms with E-state index in [1.165, 1.54) is 23.1 Å². The zero-order chi connectivity index (χ0) is 18.4. The number of rotatable bonds is 8. The molecule has 0 aliphatic heterocycles. The second kappa shape index (κ2) is 8.82. The molecule has 1 aromatic heterocycles. The molecule has 1 N–H and O–H groups in total. The molecule has 1 heterocycles. The number of hydrogen-bond donors (Lipinski definition) is 1. The number of thioether (sulfide) groups is 1. The molecule has 7 heteroatoms. The van der Waals surface area contributed by atoms with Crippen LogP contribution in [0.25, 0.3) is 10.8 Å². The Kier molecular flexibility index (Phi) is 6.25. The van der Waals surface area contributed by atoms with Crippen LogP contribution >= 0.6 is 23.1 Å². The Hall–Kier alpha value is -2.38. The number of benzene rings is 2. The topological polar surface area (TPSA) is 64.1 Å². The zero-order valence-electron chi connectivity index (χ0n) is 14.3. The van der Waals surface area contributed by atoms with Gasteiger partial charge >= 0.3 is 0 Å². The Morgan fingerprint density at radius 1 is 1.31 bits per heavy atom. The molecule has 0 aliphatic rings. The van der Waals surface area contributed by atoms with E-state index in [0.29, 0.717) is 17.3 Å². The summed E-state index contributed by atoms with van der Waals surface area (Å²) >= 11 is 2.87. The first-order valence-corrected chi connectivity index (χ1v) is 10.0. The van der Waals surface area contributed by atoms with Gasteiger partial charge < -0.3 is 4.74 Å². The highest BCUT2D eigenvalue weighted by atomic mass is 32.2. The molecule has 26 heavy (non-hydrogen) atoms. The van der Waals surface area contributed by atoms with Crippen molar-refractivity contribution in [2.75, 3.05) is 11.1 Å². The number of ether oxygens (including phenoxy) is 1. The van der Waals surface area contributed by atoms with Crippen LogP contribution in [-0.2, 0) is 4.79 Å². The fraction of sp³-hybridized carbons (Fsp3) is 0.211. The van der Waals surface area contributed by atoms with Gasteiger partial charge in [0.2, 0.25) is 5.13 Å². The molecule has 0 unspecified atom stereocenters. The number of nitrogens with one attached hydrogen (secondary N) is 1. The highest BCUT2D eigenvalue weighted by Crippen LogP contribution is 2.26. The SMILES string of the molecule is C=CCSc1nnc(NC(=O)[C@H](CC)Oc2ccc3ccccc3c2)s1. The Morgan fingerprint density at radius 3 is 2.88 bits per heavy atom. The lowest BCUT2D eigenvalue weighted by Gasteiger charge is -2.16. The standard InChI is InChI=1S/C19H19N3O2S2/c1-3-11-25-19-22-21-18(26-19)20-17(23)16(4-2)24-15-10-9-13-7-5-6-8-14(13)12-15/h3,5-10,12,16H,1,4,11H2,2H3,(H,20,21,23)/t16-/m0/s1. The maximum absolute atomic E-state index is 12.5. The molecule has 5 nitrogen and oxygen atoms in total. The quantitative estimate of drug-likeness (QED) is 0.344. The number of fused-ring (bicyclic) bond motifs is 1. The van der Waals surface area contributed by atoms with Gasteiger partial charge in [0.05, 0.1) is 0 Å². The van der Waals surface area contributed by atoms with Gasteiger partial charge in [-0.25, -0.2) is 0 Å². The van der Waals surface area contributed by atoms with Gasteiger partial charge in [-0.2, -0.15) is 0 Å². The molecule has 2 aromatic carbocycles. The van der Waals surface area contributed by atoms with E-state index in [1.54, 1.807) is 6.08 Å². The lowest BCUT2D eigenvalue weighted by molar-refractivity contribution is -0.122. The first-order valence-electron chi connectivity index (χ1n) is 8.23. The van der Waals surface area contributed by atoms with E-state index in [2.05, 4.69) is 22.1 Å². The summed E-state index contributed by atoms with van der Waals surface area (Å²) in [5.41, 5.74) is 0. The summed E-state index contributed by atoms with van der Waals surface area (Å²) < 4.78 is 6.70. The van der Waals surface area contributed by atoms with E-state index in [4.69, 9.17) is 4.74 Å². The van der Waals surface area contributed by atoms with Gasteiger partial charge in [0, 0.05) is 5.75 Å². The van der Waals surface area contributed by atoms with Crippen molar-refractivity contribution in [2.24, 2.45) is 0 Å². The zero-order valence-corrected chi connectivity index (χ0v) is 16.0. The van der Waals surface area contributed by atoms with Gasteiger partial charge in [0.1, 0.15) is 5.75 Å². The molecular formula is C19H19N3O2S2. The number of amides is 1. The van der Waals surface area contributed by atoms with Crippen molar-refractivity contribution in [3.63, 3.8) is 0 Å². The fourth-order valence-electron chi connectivity index (χ4n) is 2.36. The fourth-order valence-corrected chi connectivity index (χ4v) is 3.88. The second-order valence-electron chi connectivity index (χ2n) is 5.49. The van der Waals surface area contributed by atoms with Crippen molar-refractivity contribution >= 4 is 44.9 Å². The van der Waals surface area contributed by atoms with E-state index in [1.807, 2.05) is 49.4 Å². The molecule has 0 spiro atoms. The first kappa shape index (κ1) is 18.4. The Labute approximate surface area is 160 Å². The number of nitrogens with zero attached hydrogens (tertiary/aromatic N) is 2. The third kappa shape index (κ3) is 4.62. The predicted molar refractivity (Wildman–Crippen MR) is 108 cm³/mol. The summed E-state index contributed by atoms with van der Waals surface area (Å²) in [6.45, 7) is 5.59. The minimum Gasteiger partial charge on any atom is -0.481 e. The lowest BCUT2D eigenvalue weighted by atomic mass is 10.1. The van der Waals surface area contributed by atoms with Gasteiger partial charge in [-0.1, -0.05) is 66.4 Å². The minimum absolute atomic E-state index is 0.225. The van der Waals surface area contributed by atoms with Gasteiger partial charge in [0.25, 0.3) is 5.91 Å². The van der Waals surface area contributed by atoms with Crippen LogP contribution < -0.4 is 10.1 Å². The molecule has 0 saturated heterocycles. The normalized spacial score (nSPS) is 11.9. The molecule has 3 rings (SSSR count). The maximum Gasteiger partial charge on any atom is 0.267 e. The highest BCUT2D eigenvalue weighted by molar-refractivity contribution is 8.01. The summed E-state index contributed by atoms with van der Waals surface area (Å²) in [7, 11) is 0. The van der Waals surface area contributed by atoms with Crippen molar-refractivity contribution in [2.45, 2.75) is 23.8 Å². The van der Waals surface area contributed by atoms with Crippen molar-refractivity contribution in [3.05, 3.63) is 55.1 Å². The Bertz CT molecular complexity index is 910. The molecule has 0 bridgehead atoms. The number of anilines is 1. The van der Waals surface area contributed by atoms with Crippen LogP contribution in [0.15, 0.2) is 59.5 Å². The lowest BCUT2D eigenvalue weighted by Crippen LogP contribution is -2.32. The number of carbonyl (C=O) groups excluding carboxylic acids is 1. The Morgan fingerprint density at radius 2 is 2.12 bits per heavy atom. The Balaban J connectivity index is 1.66. The molecule has 134 valence electrons. The first-order chi connectivity index (χ1) is 12.7. The number of aromatic nitrogens is 2. The van der Waals surface area contributed by atoms with E-state index < -0.39 is 6.10 Å². The average molecular weight is 386 g/mol. The predicted octanol–water partition coefficient (Wildman–Crippen LogP) is 4.77. The van der Waals surface area contributed by atoms with Crippen LogP contribution in [0.1, 0.15) is 13.3 Å². The van der Waals surface area contributed by atoms with Crippen LogP contribution in [0, 0.1) is 0 Å². The summed E-state index contributed by atoms with van der Waals surface area (Å²) in [6.07, 6.45) is 1.76. The minimum atomic E-state index is -0.593. The largest absolute Gasteiger partial charge is 0.481 e. The van der Waals surface area contributed by atoms with E-state index >= 15 is 0 Å². The smallest absolute Gasteiger partial charge is 0.267 e.